The van der Waals surface area contributed by atoms with Gasteiger partial charge in [0.2, 0.25) is 0 Å². The van der Waals surface area contributed by atoms with E-state index in [1.54, 1.807) is 0 Å². The molecule has 0 radical (unpaired) electrons. The van der Waals surface area contributed by atoms with Crippen LogP contribution in [-0.4, -0.2) is 31.3 Å². The molecule has 1 N–H and O–H groups in total. The maximum atomic E-state index is 12.5. The zero-order valence-electron chi connectivity index (χ0n) is 20.9. The summed E-state index contributed by atoms with van der Waals surface area (Å²) in [6.45, 7) is 9.56. The predicted molar refractivity (Wildman–Crippen MR) is 136 cm³/mol. The van der Waals surface area contributed by atoms with Crippen molar-refractivity contribution >= 4 is 11.9 Å². The molecule has 0 bridgehead atoms. The summed E-state index contributed by atoms with van der Waals surface area (Å²) < 4.78 is 7.34. The Morgan fingerprint density at radius 1 is 0.971 bits per heavy atom. The lowest BCUT2D eigenvalue weighted by Crippen LogP contribution is -2.52. The molecule has 2 aromatic heterocycles. The summed E-state index contributed by atoms with van der Waals surface area (Å²) in [4.78, 5) is 22.0. The van der Waals surface area contributed by atoms with Crippen LogP contribution in [0.15, 0.2) is 54.6 Å². The van der Waals surface area contributed by atoms with Gasteiger partial charge < -0.3 is 10.1 Å². The van der Waals surface area contributed by atoms with E-state index >= 15 is 0 Å². The number of rotatable bonds is 4. The number of benzene rings is 2. The Hall–Kier alpha value is -3.74. The first kappa shape index (κ1) is 23.0. The first-order valence-electron chi connectivity index (χ1n) is 12.1. The molecular formula is C28H31N5O2. The van der Waals surface area contributed by atoms with Crippen LogP contribution in [0.4, 0.5) is 4.79 Å². The van der Waals surface area contributed by atoms with Gasteiger partial charge in [0.25, 0.3) is 5.78 Å². The van der Waals surface area contributed by atoms with Gasteiger partial charge in [0.15, 0.2) is 0 Å². The third-order valence-corrected chi connectivity index (χ3v) is 6.54. The molecule has 0 atom stereocenters. The van der Waals surface area contributed by atoms with Crippen molar-refractivity contribution in [1.29, 1.82) is 0 Å². The monoisotopic (exact) mass is 469 g/mol. The minimum atomic E-state index is -0.533. The highest BCUT2D eigenvalue weighted by molar-refractivity contribution is 5.83. The highest BCUT2D eigenvalue weighted by Crippen LogP contribution is 2.42. The van der Waals surface area contributed by atoms with Crippen LogP contribution in [0.2, 0.25) is 0 Å². The van der Waals surface area contributed by atoms with Gasteiger partial charge in [0.1, 0.15) is 11.4 Å². The fourth-order valence-corrected chi connectivity index (χ4v) is 4.76. The van der Waals surface area contributed by atoms with Crippen LogP contribution in [-0.2, 0) is 10.3 Å². The second-order valence-electron chi connectivity index (χ2n) is 10.3. The molecule has 1 aliphatic rings. The summed E-state index contributed by atoms with van der Waals surface area (Å²) >= 11 is 0. The average Bonchev–Trinajstić information content (AvgIpc) is 3.16. The Morgan fingerprint density at radius 3 is 2.26 bits per heavy atom. The Kier molecular flexibility index (Phi) is 5.58. The van der Waals surface area contributed by atoms with E-state index in [4.69, 9.17) is 9.72 Å². The van der Waals surface area contributed by atoms with E-state index in [2.05, 4.69) is 58.7 Å². The van der Waals surface area contributed by atoms with Crippen molar-refractivity contribution in [3.05, 3.63) is 71.7 Å². The second-order valence-corrected chi connectivity index (χ2v) is 10.3. The molecule has 7 nitrogen and oxygen atoms in total. The molecule has 7 heteroatoms. The molecule has 0 aliphatic heterocycles. The average molecular weight is 470 g/mol. The number of nitrogens with one attached hydrogen (secondary N) is 1. The van der Waals surface area contributed by atoms with E-state index in [9.17, 15) is 4.79 Å². The largest absolute Gasteiger partial charge is 0.444 e. The summed E-state index contributed by atoms with van der Waals surface area (Å²) in [6.07, 6.45) is 2.48. The number of fused-ring (bicyclic) bond motifs is 1. The van der Waals surface area contributed by atoms with Crippen LogP contribution < -0.4 is 5.32 Å². The fraction of sp³-hybridized carbons (Fsp3) is 0.357. The summed E-state index contributed by atoms with van der Waals surface area (Å²) in [6, 6.07) is 18.6. The zero-order chi connectivity index (χ0) is 24.8. The fourth-order valence-electron chi connectivity index (χ4n) is 4.76. The summed E-state index contributed by atoms with van der Waals surface area (Å²) in [5.41, 5.74) is 5.11. The molecule has 5 rings (SSSR count). The van der Waals surface area contributed by atoms with Crippen molar-refractivity contribution in [3.8, 4) is 22.4 Å². The Labute approximate surface area is 205 Å². The molecule has 0 unspecified atom stereocenters. The van der Waals surface area contributed by atoms with Crippen molar-refractivity contribution in [3.63, 3.8) is 0 Å². The number of carbonyl (C=O) groups excluding carboxylic acids is 1. The van der Waals surface area contributed by atoms with E-state index in [1.165, 1.54) is 0 Å². The summed E-state index contributed by atoms with van der Waals surface area (Å²) in [5, 5.41) is 7.68. The van der Waals surface area contributed by atoms with E-state index in [-0.39, 0.29) is 11.6 Å². The smallest absolute Gasteiger partial charge is 0.408 e. The Bertz CT molecular complexity index is 1380. The van der Waals surface area contributed by atoms with Crippen LogP contribution in [0, 0.1) is 13.8 Å². The van der Waals surface area contributed by atoms with Gasteiger partial charge in [-0.2, -0.15) is 10.1 Å². The van der Waals surface area contributed by atoms with E-state index in [0.29, 0.717) is 11.6 Å². The van der Waals surface area contributed by atoms with Crippen molar-refractivity contribution < 1.29 is 9.53 Å². The third-order valence-electron chi connectivity index (χ3n) is 6.54. The number of ether oxygens (including phenoxy) is 1. The lowest BCUT2D eigenvalue weighted by atomic mass is 9.71. The van der Waals surface area contributed by atoms with Crippen LogP contribution in [0.5, 0.6) is 0 Å². The van der Waals surface area contributed by atoms with Crippen molar-refractivity contribution in [1.82, 2.24) is 24.9 Å². The van der Waals surface area contributed by atoms with Gasteiger partial charge in [0.05, 0.1) is 16.9 Å². The van der Waals surface area contributed by atoms with E-state index < -0.39 is 5.60 Å². The van der Waals surface area contributed by atoms with Crippen LogP contribution >= 0.6 is 0 Å². The highest BCUT2D eigenvalue weighted by atomic mass is 16.6. The first-order chi connectivity index (χ1) is 16.7. The highest BCUT2D eigenvalue weighted by Gasteiger charge is 2.41. The minimum Gasteiger partial charge on any atom is -0.444 e. The zero-order valence-corrected chi connectivity index (χ0v) is 20.9. The molecule has 35 heavy (non-hydrogen) atoms. The molecule has 0 spiro atoms. The van der Waals surface area contributed by atoms with Crippen molar-refractivity contribution in [2.24, 2.45) is 0 Å². The SMILES string of the molecule is Cc1nc2nc(-c3ccc(C4(NC(=O)OC(C)(C)C)CCC4)cc3)c(-c3ccccc3)c(C)n2n1. The number of hydrogen-bond acceptors (Lipinski definition) is 5. The van der Waals surface area contributed by atoms with E-state index in [0.717, 1.165) is 52.9 Å². The number of amides is 1. The van der Waals surface area contributed by atoms with Gasteiger partial charge in [-0.25, -0.2) is 14.3 Å². The number of aromatic nitrogens is 4. The second kappa shape index (κ2) is 8.48. The molecule has 1 fully saturated rings. The van der Waals surface area contributed by atoms with Gasteiger partial charge in [0, 0.05) is 11.1 Å². The standard InChI is InChI=1S/C28H31N5O2/c1-18-23(20-10-7-6-8-11-20)24(30-25-29-19(2)32-33(18)25)21-12-14-22(15-13-21)28(16-9-17-28)31-26(34)35-27(3,4)5/h6-8,10-15H,9,16-17H2,1-5H3,(H,31,34). The maximum absolute atomic E-state index is 12.5. The number of aryl methyl sites for hydroxylation is 2. The topological polar surface area (TPSA) is 81.4 Å². The first-order valence-corrected chi connectivity index (χ1v) is 12.1. The normalized spacial score (nSPS) is 15.0. The summed E-state index contributed by atoms with van der Waals surface area (Å²) in [5.74, 6) is 1.27. The minimum absolute atomic E-state index is 0.377. The molecule has 1 saturated carbocycles. The molecule has 2 heterocycles. The van der Waals surface area contributed by atoms with Gasteiger partial charge in [-0.3, -0.25) is 0 Å². The van der Waals surface area contributed by atoms with E-state index in [1.807, 2.05) is 50.4 Å². The quantitative estimate of drug-likeness (QED) is 0.398. The van der Waals surface area contributed by atoms with Crippen LogP contribution in [0.25, 0.3) is 28.2 Å². The molecule has 2 aromatic carbocycles. The lowest BCUT2D eigenvalue weighted by molar-refractivity contribution is 0.0377. The molecule has 180 valence electrons. The van der Waals surface area contributed by atoms with Crippen molar-refractivity contribution in [2.45, 2.75) is 65.0 Å². The molecule has 1 aliphatic carbocycles. The lowest BCUT2D eigenvalue weighted by Gasteiger charge is -2.43. The Balaban J connectivity index is 1.55. The van der Waals surface area contributed by atoms with Crippen LogP contribution in [0.3, 0.4) is 0 Å². The molecular weight excluding hydrogens is 438 g/mol. The van der Waals surface area contributed by atoms with Gasteiger partial charge >= 0.3 is 6.09 Å². The molecule has 4 aromatic rings. The molecule has 1 amide bonds. The number of hydrogen-bond donors (Lipinski definition) is 1. The van der Waals surface area contributed by atoms with Gasteiger partial charge in [-0.1, -0.05) is 54.6 Å². The molecule has 0 saturated heterocycles. The van der Waals surface area contributed by atoms with Gasteiger partial charge in [-0.05, 0) is 65.0 Å². The van der Waals surface area contributed by atoms with Crippen LogP contribution in [0.1, 0.15) is 57.1 Å². The number of carbonyl (C=O) groups is 1. The Morgan fingerprint density at radius 2 is 1.66 bits per heavy atom. The summed E-state index contributed by atoms with van der Waals surface area (Å²) in [7, 11) is 0. The maximum Gasteiger partial charge on any atom is 0.408 e. The predicted octanol–water partition coefficient (Wildman–Crippen LogP) is 5.98. The number of nitrogens with zero attached hydrogens (tertiary/aromatic N) is 4. The van der Waals surface area contributed by atoms with Crippen molar-refractivity contribution in [2.75, 3.05) is 0 Å². The third kappa shape index (κ3) is 4.38. The number of alkyl carbamates (subject to hydrolysis) is 1. The van der Waals surface area contributed by atoms with Gasteiger partial charge in [-0.15, -0.1) is 0 Å².